The van der Waals surface area contributed by atoms with Gasteiger partial charge in [0.25, 0.3) is 0 Å². The molecule has 0 aliphatic carbocycles. The number of carbonyl (C=O) groups excluding carboxylic acids is 1. The molecule has 1 atom stereocenters. The molecule has 0 saturated carbocycles. The molecule has 4 heteroatoms. The fraction of sp³-hybridized carbons (Fsp3) is 0.615. The van der Waals surface area contributed by atoms with Crippen LogP contribution in [0, 0.1) is 5.92 Å². The Hall–Kier alpha value is -1.13. The Morgan fingerprint density at radius 3 is 3.12 bits per heavy atom. The van der Waals surface area contributed by atoms with Crippen LogP contribution in [-0.2, 0) is 0 Å². The molecule has 2 N–H and O–H groups in total. The topological polar surface area (TPSA) is 48.1 Å². The van der Waals surface area contributed by atoms with Crippen LogP contribution in [0.25, 0.3) is 0 Å². The molecular formula is C13H21N3O. The maximum atomic E-state index is 11.9. The highest BCUT2D eigenvalue weighted by atomic mass is 16.1. The van der Waals surface area contributed by atoms with Gasteiger partial charge in [0.2, 0.25) is 0 Å². The Morgan fingerprint density at radius 1 is 1.59 bits per heavy atom. The highest BCUT2D eigenvalue weighted by Gasteiger charge is 2.17. The van der Waals surface area contributed by atoms with Gasteiger partial charge in [0, 0.05) is 12.7 Å². The molecule has 1 unspecified atom stereocenters. The minimum absolute atomic E-state index is 0.168. The van der Waals surface area contributed by atoms with Crippen LogP contribution in [0.5, 0.6) is 0 Å². The molecular weight excluding hydrogens is 214 g/mol. The van der Waals surface area contributed by atoms with Crippen LogP contribution in [0.1, 0.15) is 23.3 Å². The Kier molecular flexibility index (Phi) is 4.34. The maximum Gasteiger partial charge on any atom is 0.192 e. The number of aromatic amines is 1. The summed E-state index contributed by atoms with van der Waals surface area (Å²) < 4.78 is 0. The monoisotopic (exact) mass is 235 g/mol. The molecule has 0 amide bonds. The lowest BCUT2D eigenvalue weighted by atomic mass is 9.99. The molecule has 4 nitrogen and oxygen atoms in total. The zero-order valence-electron chi connectivity index (χ0n) is 10.4. The number of H-pyrrole nitrogens is 1. The first-order chi connectivity index (χ1) is 8.25. The summed E-state index contributed by atoms with van der Waals surface area (Å²) in [6, 6.07) is 3.69. The first-order valence-corrected chi connectivity index (χ1v) is 6.31. The second-order valence-corrected chi connectivity index (χ2v) is 4.92. The number of hydrogen-bond acceptors (Lipinski definition) is 3. The number of carbonyl (C=O) groups is 1. The number of likely N-dealkylation sites (N-methyl/N-ethyl adjacent to an activating group) is 1. The first-order valence-electron chi connectivity index (χ1n) is 6.31. The fourth-order valence-corrected chi connectivity index (χ4v) is 2.42. The standard InChI is InChI=1S/C13H21N3O/c1-16(9-11-4-2-6-14-8-11)10-13(17)12-5-3-7-15-12/h3,5,7,11,14-15H,2,4,6,8-10H2,1H3. The molecule has 1 aromatic rings. The molecule has 1 fully saturated rings. The van der Waals surface area contributed by atoms with Crippen LogP contribution in [0.3, 0.4) is 0 Å². The maximum absolute atomic E-state index is 11.9. The van der Waals surface area contributed by atoms with Gasteiger partial charge in [-0.2, -0.15) is 0 Å². The number of nitrogens with one attached hydrogen (secondary N) is 2. The molecule has 0 spiro atoms. The van der Waals surface area contributed by atoms with E-state index in [1.807, 2.05) is 19.2 Å². The number of ketones is 1. The van der Waals surface area contributed by atoms with Crippen molar-refractivity contribution in [3.8, 4) is 0 Å². The van der Waals surface area contributed by atoms with Crippen molar-refractivity contribution in [1.29, 1.82) is 0 Å². The molecule has 0 aromatic carbocycles. The van der Waals surface area contributed by atoms with Crippen LogP contribution >= 0.6 is 0 Å². The number of rotatable bonds is 5. The van der Waals surface area contributed by atoms with E-state index in [1.54, 1.807) is 6.20 Å². The number of piperidine rings is 1. The molecule has 1 aliphatic heterocycles. The lowest BCUT2D eigenvalue weighted by molar-refractivity contribution is 0.0930. The number of hydrogen-bond donors (Lipinski definition) is 2. The van der Waals surface area contributed by atoms with Gasteiger partial charge in [-0.25, -0.2) is 0 Å². The normalized spacial score (nSPS) is 20.7. The molecule has 17 heavy (non-hydrogen) atoms. The predicted molar refractivity (Wildman–Crippen MR) is 68.2 cm³/mol. The third-order valence-corrected chi connectivity index (χ3v) is 3.28. The summed E-state index contributed by atoms with van der Waals surface area (Å²) >= 11 is 0. The largest absolute Gasteiger partial charge is 0.359 e. The molecule has 1 saturated heterocycles. The van der Waals surface area contributed by atoms with Gasteiger partial charge < -0.3 is 10.3 Å². The van der Waals surface area contributed by atoms with Gasteiger partial charge in [-0.1, -0.05) is 0 Å². The molecule has 1 aromatic heterocycles. The van der Waals surface area contributed by atoms with Crippen molar-refractivity contribution in [2.75, 3.05) is 33.2 Å². The van der Waals surface area contributed by atoms with Crippen molar-refractivity contribution < 1.29 is 4.79 Å². The van der Waals surface area contributed by atoms with Gasteiger partial charge in [-0.3, -0.25) is 9.69 Å². The summed E-state index contributed by atoms with van der Waals surface area (Å²) in [5, 5.41) is 3.40. The van der Waals surface area contributed by atoms with Crippen LogP contribution in [0.15, 0.2) is 18.3 Å². The quantitative estimate of drug-likeness (QED) is 0.752. The van der Waals surface area contributed by atoms with E-state index < -0.39 is 0 Å². The lowest BCUT2D eigenvalue weighted by Gasteiger charge is -2.27. The Morgan fingerprint density at radius 2 is 2.47 bits per heavy atom. The van der Waals surface area contributed by atoms with Crippen molar-refractivity contribution in [2.45, 2.75) is 12.8 Å². The second kappa shape index (κ2) is 5.98. The van der Waals surface area contributed by atoms with E-state index in [1.165, 1.54) is 12.8 Å². The minimum Gasteiger partial charge on any atom is -0.359 e. The SMILES string of the molecule is CN(CC(=O)c1ccc[nH]1)CC1CCCNC1. The van der Waals surface area contributed by atoms with Crippen molar-refractivity contribution in [1.82, 2.24) is 15.2 Å². The van der Waals surface area contributed by atoms with E-state index in [9.17, 15) is 4.79 Å². The summed E-state index contributed by atoms with van der Waals surface area (Å²) in [7, 11) is 2.02. The Bertz CT molecular complexity index is 342. The van der Waals surface area contributed by atoms with Crippen molar-refractivity contribution in [2.24, 2.45) is 5.92 Å². The highest BCUT2D eigenvalue weighted by Crippen LogP contribution is 2.11. The molecule has 2 heterocycles. The smallest absolute Gasteiger partial charge is 0.192 e. The van der Waals surface area contributed by atoms with Gasteiger partial charge in [-0.15, -0.1) is 0 Å². The summed E-state index contributed by atoms with van der Waals surface area (Å²) in [6.07, 6.45) is 4.31. The van der Waals surface area contributed by atoms with E-state index in [0.29, 0.717) is 18.2 Å². The minimum atomic E-state index is 0.168. The molecule has 0 radical (unpaired) electrons. The molecule has 2 rings (SSSR count). The number of Topliss-reactive ketones (excluding diaryl/α,β-unsaturated/α-hetero) is 1. The van der Waals surface area contributed by atoms with Crippen LogP contribution in [0.4, 0.5) is 0 Å². The van der Waals surface area contributed by atoms with Crippen molar-refractivity contribution >= 4 is 5.78 Å². The Labute approximate surface area is 102 Å². The third kappa shape index (κ3) is 3.68. The van der Waals surface area contributed by atoms with E-state index in [4.69, 9.17) is 0 Å². The van der Waals surface area contributed by atoms with Crippen LogP contribution in [0.2, 0.25) is 0 Å². The van der Waals surface area contributed by atoms with Gasteiger partial charge in [-0.05, 0) is 51.0 Å². The fourth-order valence-electron chi connectivity index (χ4n) is 2.42. The third-order valence-electron chi connectivity index (χ3n) is 3.28. The first kappa shape index (κ1) is 12.3. The Balaban J connectivity index is 1.76. The average Bonchev–Trinajstić information content (AvgIpc) is 2.83. The number of nitrogens with zero attached hydrogens (tertiary/aromatic N) is 1. The van der Waals surface area contributed by atoms with Crippen molar-refractivity contribution in [3.63, 3.8) is 0 Å². The molecule has 94 valence electrons. The second-order valence-electron chi connectivity index (χ2n) is 4.92. The van der Waals surface area contributed by atoms with E-state index in [0.717, 1.165) is 19.6 Å². The molecule has 0 bridgehead atoms. The predicted octanol–water partition coefficient (Wildman–Crippen LogP) is 1.13. The average molecular weight is 235 g/mol. The van der Waals surface area contributed by atoms with Gasteiger partial charge in [0.15, 0.2) is 5.78 Å². The van der Waals surface area contributed by atoms with E-state index >= 15 is 0 Å². The zero-order valence-corrected chi connectivity index (χ0v) is 10.4. The van der Waals surface area contributed by atoms with Crippen LogP contribution in [-0.4, -0.2) is 48.9 Å². The van der Waals surface area contributed by atoms with E-state index in [-0.39, 0.29) is 5.78 Å². The summed E-state index contributed by atoms with van der Waals surface area (Å²) in [5.41, 5.74) is 0.707. The summed E-state index contributed by atoms with van der Waals surface area (Å²) in [6.45, 7) is 3.72. The van der Waals surface area contributed by atoms with Gasteiger partial charge in [0.05, 0.1) is 12.2 Å². The number of aromatic nitrogens is 1. The van der Waals surface area contributed by atoms with Gasteiger partial charge >= 0.3 is 0 Å². The highest BCUT2D eigenvalue weighted by molar-refractivity contribution is 5.95. The summed E-state index contributed by atoms with van der Waals surface area (Å²) in [4.78, 5) is 17.0. The molecule has 1 aliphatic rings. The lowest BCUT2D eigenvalue weighted by Crippen LogP contribution is -2.38. The van der Waals surface area contributed by atoms with Gasteiger partial charge in [0.1, 0.15) is 0 Å². The van der Waals surface area contributed by atoms with Crippen molar-refractivity contribution in [3.05, 3.63) is 24.0 Å². The van der Waals surface area contributed by atoms with Crippen LogP contribution < -0.4 is 5.32 Å². The van der Waals surface area contributed by atoms with E-state index in [2.05, 4.69) is 15.2 Å². The zero-order chi connectivity index (χ0) is 12.1. The summed E-state index contributed by atoms with van der Waals surface area (Å²) in [5.74, 6) is 0.853.